The van der Waals surface area contributed by atoms with Crippen LogP contribution in [0.3, 0.4) is 0 Å². The number of hydrogen-bond donors (Lipinski definition) is 1. The van der Waals surface area contributed by atoms with Crippen molar-refractivity contribution in [2.75, 3.05) is 18.9 Å². The normalized spacial score (nSPS) is 10.6. The first-order valence-electron chi connectivity index (χ1n) is 9.10. The van der Waals surface area contributed by atoms with E-state index in [1.807, 2.05) is 31.2 Å². The van der Waals surface area contributed by atoms with Crippen molar-refractivity contribution in [1.29, 1.82) is 0 Å². The molecule has 7 nitrogen and oxygen atoms in total. The highest BCUT2D eigenvalue weighted by atomic mass is 35.5. The Labute approximate surface area is 173 Å². The first-order valence-corrected chi connectivity index (χ1v) is 9.48. The highest BCUT2D eigenvalue weighted by molar-refractivity contribution is 6.33. The number of rotatable bonds is 7. The Morgan fingerprint density at radius 2 is 1.86 bits per heavy atom. The van der Waals surface area contributed by atoms with Gasteiger partial charge in [-0.3, -0.25) is 9.59 Å². The van der Waals surface area contributed by atoms with Gasteiger partial charge < -0.3 is 14.7 Å². The Morgan fingerprint density at radius 1 is 1.14 bits per heavy atom. The SMILES string of the molecule is Cc1ccc(-c2noc(CCC(=O)N(C)CC(=O)Nc3ccccc3Cl)n2)cc1. The van der Waals surface area contributed by atoms with Gasteiger partial charge >= 0.3 is 0 Å². The molecule has 1 aromatic heterocycles. The van der Waals surface area contributed by atoms with Crippen LogP contribution in [-0.4, -0.2) is 40.4 Å². The van der Waals surface area contributed by atoms with Crippen molar-refractivity contribution in [2.24, 2.45) is 0 Å². The molecule has 0 spiro atoms. The standard InChI is InChI=1S/C21H21ClN4O3/c1-14-7-9-15(10-8-14)21-24-19(29-25-21)11-12-20(28)26(2)13-18(27)23-17-6-4-3-5-16(17)22/h3-10H,11-13H2,1-2H3,(H,23,27). The van der Waals surface area contributed by atoms with Crippen LogP contribution in [0.1, 0.15) is 17.9 Å². The van der Waals surface area contributed by atoms with Crippen molar-refractivity contribution < 1.29 is 14.1 Å². The number of hydrogen-bond acceptors (Lipinski definition) is 5. The zero-order chi connectivity index (χ0) is 20.8. The molecule has 0 bridgehead atoms. The Morgan fingerprint density at radius 3 is 2.59 bits per heavy atom. The van der Waals surface area contributed by atoms with Crippen LogP contribution in [0.4, 0.5) is 5.69 Å². The minimum absolute atomic E-state index is 0.0808. The van der Waals surface area contributed by atoms with E-state index in [2.05, 4.69) is 15.5 Å². The van der Waals surface area contributed by atoms with Gasteiger partial charge in [-0.15, -0.1) is 0 Å². The molecule has 0 saturated heterocycles. The minimum atomic E-state index is -0.326. The van der Waals surface area contributed by atoms with Gasteiger partial charge in [0, 0.05) is 25.5 Å². The van der Waals surface area contributed by atoms with Crippen LogP contribution in [0.15, 0.2) is 53.1 Å². The number of amides is 2. The van der Waals surface area contributed by atoms with E-state index in [1.165, 1.54) is 4.90 Å². The Kier molecular flexibility index (Phi) is 6.61. The number of anilines is 1. The second-order valence-electron chi connectivity index (χ2n) is 6.66. The van der Waals surface area contributed by atoms with Crippen LogP contribution in [0.25, 0.3) is 11.4 Å². The number of nitrogens with zero attached hydrogens (tertiary/aromatic N) is 3. The Balaban J connectivity index is 1.49. The summed E-state index contributed by atoms with van der Waals surface area (Å²) in [5, 5.41) is 7.08. The minimum Gasteiger partial charge on any atom is -0.339 e. The van der Waals surface area contributed by atoms with Crippen molar-refractivity contribution >= 4 is 29.1 Å². The number of likely N-dealkylation sites (N-methyl/N-ethyl adjacent to an activating group) is 1. The number of aromatic nitrogens is 2. The highest BCUT2D eigenvalue weighted by Gasteiger charge is 2.16. The number of benzene rings is 2. The van der Waals surface area contributed by atoms with Crippen molar-refractivity contribution in [3.63, 3.8) is 0 Å². The maximum absolute atomic E-state index is 12.3. The third-order valence-electron chi connectivity index (χ3n) is 4.29. The molecule has 1 N–H and O–H groups in total. The molecule has 2 amide bonds. The third-order valence-corrected chi connectivity index (χ3v) is 4.61. The quantitative estimate of drug-likeness (QED) is 0.638. The van der Waals surface area contributed by atoms with Gasteiger partial charge in [0.25, 0.3) is 0 Å². The number of nitrogens with one attached hydrogen (secondary N) is 1. The molecule has 150 valence electrons. The fraction of sp³-hybridized carbons (Fsp3) is 0.238. The first kappa shape index (κ1) is 20.5. The second kappa shape index (κ2) is 9.34. The van der Waals surface area contributed by atoms with Gasteiger partial charge in [-0.1, -0.05) is 58.7 Å². The Bertz CT molecular complexity index is 1000. The average molecular weight is 413 g/mol. The maximum atomic E-state index is 12.3. The molecule has 2 aromatic carbocycles. The summed E-state index contributed by atoms with van der Waals surface area (Å²) in [7, 11) is 1.57. The molecule has 29 heavy (non-hydrogen) atoms. The van der Waals surface area contributed by atoms with Crippen LogP contribution in [0, 0.1) is 6.92 Å². The molecule has 0 aliphatic heterocycles. The van der Waals surface area contributed by atoms with Gasteiger partial charge in [-0.25, -0.2) is 0 Å². The largest absolute Gasteiger partial charge is 0.339 e. The lowest BCUT2D eigenvalue weighted by Gasteiger charge is -2.16. The molecule has 1 heterocycles. The van der Waals surface area contributed by atoms with E-state index in [1.54, 1.807) is 31.3 Å². The van der Waals surface area contributed by atoms with Gasteiger partial charge in [0.15, 0.2) is 0 Å². The molecule has 8 heteroatoms. The van der Waals surface area contributed by atoms with Crippen LogP contribution in [0.5, 0.6) is 0 Å². The lowest BCUT2D eigenvalue weighted by atomic mass is 10.1. The summed E-state index contributed by atoms with van der Waals surface area (Å²) in [5.41, 5.74) is 2.50. The van der Waals surface area contributed by atoms with Gasteiger partial charge in [0.2, 0.25) is 23.5 Å². The van der Waals surface area contributed by atoms with Crippen molar-refractivity contribution in [3.05, 3.63) is 65.0 Å². The lowest BCUT2D eigenvalue weighted by Crippen LogP contribution is -2.35. The summed E-state index contributed by atoms with van der Waals surface area (Å²) in [6.45, 7) is 1.92. The van der Waals surface area contributed by atoms with E-state index in [0.717, 1.165) is 11.1 Å². The Hall–Kier alpha value is -3.19. The fourth-order valence-corrected chi connectivity index (χ4v) is 2.82. The van der Waals surface area contributed by atoms with Gasteiger partial charge in [0.1, 0.15) is 0 Å². The van der Waals surface area contributed by atoms with Crippen LogP contribution < -0.4 is 5.32 Å². The molecule has 0 saturated carbocycles. The van der Waals surface area contributed by atoms with Crippen molar-refractivity contribution in [3.8, 4) is 11.4 Å². The van der Waals surface area contributed by atoms with E-state index in [-0.39, 0.29) is 24.8 Å². The second-order valence-corrected chi connectivity index (χ2v) is 7.06. The van der Waals surface area contributed by atoms with Crippen LogP contribution >= 0.6 is 11.6 Å². The van der Waals surface area contributed by atoms with Gasteiger partial charge in [-0.2, -0.15) is 4.98 Å². The summed E-state index contributed by atoms with van der Waals surface area (Å²) in [6, 6.07) is 14.7. The first-order chi connectivity index (χ1) is 13.9. The predicted octanol–water partition coefficient (Wildman–Crippen LogP) is 3.73. The highest BCUT2D eigenvalue weighted by Crippen LogP contribution is 2.20. The van der Waals surface area contributed by atoms with E-state index in [9.17, 15) is 9.59 Å². The van der Waals surface area contributed by atoms with E-state index in [4.69, 9.17) is 16.1 Å². The topological polar surface area (TPSA) is 88.3 Å². The number of carbonyl (C=O) groups excluding carboxylic acids is 2. The lowest BCUT2D eigenvalue weighted by molar-refractivity contribution is -0.133. The van der Waals surface area contributed by atoms with Crippen molar-refractivity contribution in [2.45, 2.75) is 19.8 Å². The zero-order valence-electron chi connectivity index (χ0n) is 16.2. The number of carbonyl (C=O) groups is 2. The van der Waals surface area contributed by atoms with Gasteiger partial charge in [-0.05, 0) is 19.1 Å². The monoisotopic (exact) mass is 412 g/mol. The molecular weight excluding hydrogens is 392 g/mol. The summed E-state index contributed by atoms with van der Waals surface area (Å²) in [5.74, 6) is 0.338. The molecule has 3 rings (SSSR count). The summed E-state index contributed by atoms with van der Waals surface area (Å²) in [6.07, 6.45) is 0.458. The number of halogens is 1. The smallest absolute Gasteiger partial charge is 0.244 e. The molecule has 3 aromatic rings. The third kappa shape index (κ3) is 5.65. The van der Waals surface area contributed by atoms with E-state index >= 15 is 0 Å². The molecular formula is C21H21ClN4O3. The van der Waals surface area contributed by atoms with Crippen molar-refractivity contribution in [1.82, 2.24) is 15.0 Å². The van der Waals surface area contributed by atoms with E-state index < -0.39 is 0 Å². The van der Waals surface area contributed by atoms with Gasteiger partial charge in [0.05, 0.1) is 17.3 Å². The van der Waals surface area contributed by atoms with E-state index in [0.29, 0.717) is 28.8 Å². The maximum Gasteiger partial charge on any atom is 0.244 e. The molecule has 0 unspecified atom stereocenters. The molecule has 0 radical (unpaired) electrons. The number of para-hydroxylation sites is 1. The molecule has 0 aliphatic rings. The molecule has 0 aliphatic carbocycles. The predicted molar refractivity (Wildman–Crippen MR) is 111 cm³/mol. The zero-order valence-corrected chi connectivity index (χ0v) is 16.9. The van der Waals surface area contributed by atoms with Crippen LogP contribution in [0.2, 0.25) is 5.02 Å². The number of aryl methyl sites for hydroxylation is 2. The van der Waals surface area contributed by atoms with Crippen LogP contribution in [-0.2, 0) is 16.0 Å². The average Bonchev–Trinajstić information content (AvgIpc) is 3.17. The molecule has 0 fully saturated rings. The molecule has 0 atom stereocenters. The summed E-state index contributed by atoms with van der Waals surface area (Å²) in [4.78, 5) is 30.1. The summed E-state index contributed by atoms with van der Waals surface area (Å²) >= 11 is 6.02. The summed E-state index contributed by atoms with van der Waals surface area (Å²) < 4.78 is 5.23. The fourth-order valence-electron chi connectivity index (χ4n) is 2.64.